The molecule has 0 saturated heterocycles. The lowest BCUT2D eigenvalue weighted by Crippen LogP contribution is -2.31. The molecule has 0 unspecified atom stereocenters. The number of hydrogen-bond acceptors (Lipinski definition) is 6. The smallest absolute Gasteiger partial charge is 0.203 e. The van der Waals surface area contributed by atoms with Crippen LogP contribution in [0, 0.1) is 6.92 Å². The van der Waals surface area contributed by atoms with E-state index in [1.165, 1.54) is 11.3 Å². The van der Waals surface area contributed by atoms with Gasteiger partial charge >= 0.3 is 0 Å². The van der Waals surface area contributed by atoms with E-state index in [2.05, 4.69) is 14.9 Å². The summed E-state index contributed by atoms with van der Waals surface area (Å²) in [5.74, 6) is 2.83. The first-order valence-corrected chi connectivity index (χ1v) is 7.97. The molecule has 6 nitrogen and oxygen atoms in total. The average molecular weight is 329 g/mol. The Kier molecular flexibility index (Phi) is 4.85. The highest BCUT2D eigenvalue weighted by Crippen LogP contribution is 2.38. The first-order chi connectivity index (χ1) is 11.6. The van der Waals surface area contributed by atoms with Gasteiger partial charge in [0.05, 0.1) is 21.3 Å². The number of aromatic nitrogens is 2. The molecule has 0 bridgehead atoms. The number of ether oxygens (including phenoxy) is 3. The maximum atomic E-state index is 5.43. The molecule has 24 heavy (non-hydrogen) atoms. The highest BCUT2D eigenvalue weighted by molar-refractivity contribution is 5.53. The molecule has 0 radical (unpaired) electrons. The average Bonchev–Trinajstić information content (AvgIpc) is 2.60. The summed E-state index contributed by atoms with van der Waals surface area (Å²) in [6.45, 7) is 4.57. The molecule has 0 N–H and O–H groups in total. The Labute approximate surface area is 142 Å². The van der Waals surface area contributed by atoms with Gasteiger partial charge < -0.3 is 14.2 Å². The Bertz CT molecular complexity index is 708. The van der Waals surface area contributed by atoms with Gasteiger partial charge in [0.2, 0.25) is 5.75 Å². The molecule has 0 aliphatic carbocycles. The standard InChI is InChI=1S/C18H23N3O3/c1-12-19-9-14-11-21(6-5-15(14)20-12)10-13-7-16(22-2)18(24-4)17(8-13)23-3/h7-9H,5-6,10-11H2,1-4H3. The van der Waals surface area contributed by atoms with Crippen molar-refractivity contribution in [1.29, 1.82) is 0 Å². The van der Waals surface area contributed by atoms with E-state index in [4.69, 9.17) is 14.2 Å². The van der Waals surface area contributed by atoms with E-state index < -0.39 is 0 Å². The quantitative estimate of drug-likeness (QED) is 0.839. The van der Waals surface area contributed by atoms with E-state index in [0.717, 1.165) is 37.4 Å². The van der Waals surface area contributed by atoms with E-state index in [1.54, 1.807) is 21.3 Å². The summed E-state index contributed by atoms with van der Waals surface area (Å²) < 4.78 is 16.2. The Hall–Kier alpha value is -2.34. The molecule has 2 aromatic rings. The van der Waals surface area contributed by atoms with Gasteiger partial charge in [0.25, 0.3) is 0 Å². The highest BCUT2D eigenvalue weighted by atomic mass is 16.5. The lowest BCUT2D eigenvalue weighted by molar-refractivity contribution is 0.241. The summed E-state index contributed by atoms with van der Waals surface area (Å²) in [4.78, 5) is 11.2. The van der Waals surface area contributed by atoms with Gasteiger partial charge in [-0.3, -0.25) is 4.90 Å². The molecule has 128 valence electrons. The Morgan fingerprint density at radius 1 is 1.08 bits per heavy atom. The lowest BCUT2D eigenvalue weighted by Gasteiger charge is -2.28. The van der Waals surface area contributed by atoms with Gasteiger partial charge in [0.1, 0.15) is 5.82 Å². The number of benzene rings is 1. The van der Waals surface area contributed by atoms with Gasteiger partial charge in [-0.25, -0.2) is 9.97 Å². The van der Waals surface area contributed by atoms with Crippen LogP contribution in [0.2, 0.25) is 0 Å². The van der Waals surface area contributed by atoms with Crippen molar-refractivity contribution in [3.05, 3.63) is 41.0 Å². The molecule has 1 aliphatic heterocycles. The molecule has 0 amide bonds. The van der Waals surface area contributed by atoms with Crippen molar-refractivity contribution < 1.29 is 14.2 Å². The normalized spacial score (nSPS) is 14.2. The summed E-state index contributed by atoms with van der Waals surface area (Å²) in [7, 11) is 4.89. The zero-order chi connectivity index (χ0) is 17.1. The molecule has 0 saturated carbocycles. The van der Waals surface area contributed by atoms with Gasteiger partial charge in [0.15, 0.2) is 11.5 Å². The highest BCUT2D eigenvalue weighted by Gasteiger charge is 2.20. The van der Waals surface area contributed by atoms with E-state index in [1.807, 2.05) is 25.3 Å². The second-order valence-electron chi connectivity index (χ2n) is 5.88. The Morgan fingerprint density at radius 2 is 1.79 bits per heavy atom. The summed E-state index contributed by atoms with van der Waals surface area (Å²) in [5, 5.41) is 0. The number of nitrogens with zero attached hydrogens (tertiary/aromatic N) is 3. The molecular formula is C18H23N3O3. The second kappa shape index (κ2) is 7.05. The van der Waals surface area contributed by atoms with Crippen LogP contribution < -0.4 is 14.2 Å². The van der Waals surface area contributed by atoms with Crippen molar-refractivity contribution >= 4 is 0 Å². The van der Waals surface area contributed by atoms with Crippen LogP contribution in [0.25, 0.3) is 0 Å². The van der Waals surface area contributed by atoms with Crippen LogP contribution in [0.5, 0.6) is 17.2 Å². The SMILES string of the molecule is COc1cc(CN2CCc3nc(C)ncc3C2)cc(OC)c1OC. The van der Waals surface area contributed by atoms with Crippen LogP contribution in [0.15, 0.2) is 18.3 Å². The number of aryl methyl sites for hydroxylation is 1. The predicted molar refractivity (Wildman–Crippen MR) is 90.7 cm³/mol. The third kappa shape index (κ3) is 3.28. The molecule has 6 heteroatoms. The number of fused-ring (bicyclic) bond motifs is 1. The van der Waals surface area contributed by atoms with Crippen LogP contribution >= 0.6 is 0 Å². The zero-order valence-electron chi connectivity index (χ0n) is 14.6. The van der Waals surface area contributed by atoms with Gasteiger partial charge in [-0.1, -0.05) is 0 Å². The molecule has 1 aromatic heterocycles. The number of hydrogen-bond donors (Lipinski definition) is 0. The summed E-state index contributed by atoms with van der Waals surface area (Å²) in [6, 6.07) is 4.00. The summed E-state index contributed by atoms with van der Waals surface area (Å²) >= 11 is 0. The van der Waals surface area contributed by atoms with Gasteiger partial charge in [-0.05, 0) is 24.6 Å². The van der Waals surface area contributed by atoms with Crippen molar-refractivity contribution in [2.24, 2.45) is 0 Å². The van der Waals surface area contributed by atoms with Crippen molar-refractivity contribution in [3.63, 3.8) is 0 Å². The van der Waals surface area contributed by atoms with Gasteiger partial charge in [-0.15, -0.1) is 0 Å². The van der Waals surface area contributed by atoms with E-state index in [0.29, 0.717) is 17.2 Å². The molecule has 1 aliphatic rings. The topological polar surface area (TPSA) is 56.7 Å². The fourth-order valence-corrected chi connectivity index (χ4v) is 3.09. The van der Waals surface area contributed by atoms with Crippen LogP contribution in [0.1, 0.15) is 22.6 Å². The number of methoxy groups -OCH3 is 3. The molecule has 2 heterocycles. The van der Waals surface area contributed by atoms with Crippen molar-refractivity contribution in [3.8, 4) is 17.2 Å². The minimum absolute atomic E-state index is 0.622. The van der Waals surface area contributed by atoms with E-state index >= 15 is 0 Å². The van der Waals surface area contributed by atoms with Gasteiger partial charge in [0, 0.05) is 43.5 Å². The monoisotopic (exact) mass is 329 g/mol. The fourth-order valence-electron chi connectivity index (χ4n) is 3.09. The first-order valence-electron chi connectivity index (χ1n) is 7.97. The predicted octanol–water partition coefficient (Wildman–Crippen LogP) is 2.37. The molecule has 3 rings (SSSR count). The van der Waals surface area contributed by atoms with Crippen LogP contribution in [-0.2, 0) is 19.5 Å². The minimum atomic E-state index is 0.622. The van der Waals surface area contributed by atoms with E-state index in [9.17, 15) is 0 Å². The molecule has 0 atom stereocenters. The first kappa shape index (κ1) is 16.5. The minimum Gasteiger partial charge on any atom is -0.493 e. The lowest BCUT2D eigenvalue weighted by atomic mass is 10.1. The number of rotatable bonds is 5. The van der Waals surface area contributed by atoms with Crippen molar-refractivity contribution in [2.75, 3.05) is 27.9 Å². The molecular weight excluding hydrogens is 306 g/mol. The van der Waals surface area contributed by atoms with E-state index in [-0.39, 0.29) is 0 Å². The molecule has 0 spiro atoms. The largest absolute Gasteiger partial charge is 0.493 e. The van der Waals surface area contributed by atoms with Crippen molar-refractivity contribution in [2.45, 2.75) is 26.4 Å². The summed E-state index contributed by atoms with van der Waals surface area (Å²) in [5.41, 5.74) is 3.50. The third-order valence-corrected chi connectivity index (χ3v) is 4.26. The third-order valence-electron chi connectivity index (χ3n) is 4.26. The maximum Gasteiger partial charge on any atom is 0.203 e. The van der Waals surface area contributed by atoms with Crippen molar-refractivity contribution in [1.82, 2.24) is 14.9 Å². The Balaban J connectivity index is 1.80. The summed E-state index contributed by atoms with van der Waals surface area (Å²) in [6.07, 6.45) is 2.89. The zero-order valence-corrected chi connectivity index (χ0v) is 14.6. The van der Waals surface area contributed by atoms with Crippen LogP contribution in [0.3, 0.4) is 0 Å². The Morgan fingerprint density at radius 3 is 2.42 bits per heavy atom. The van der Waals surface area contributed by atoms with Gasteiger partial charge in [-0.2, -0.15) is 0 Å². The maximum absolute atomic E-state index is 5.43. The van der Waals surface area contributed by atoms with Crippen LogP contribution in [-0.4, -0.2) is 42.7 Å². The molecule has 1 aromatic carbocycles. The van der Waals surface area contributed by atoms with Crippen LogP contribution in [0.4, 0.5) is 0 Å². The molecule has 0 fully saturated rings. The fraction of sp³-hybridized carbons (Fsp3) is 0.444. The second-order valence-corrected chi connectivity index (χ2v) is 5.88.